The lowest BCUT2D eigenvalue weighted by molar-refractivity contribution is 0.285. The summed E-state index contributed by atoms with van der Waals surface area (Å²) in [6.07, 6.45) is 5.77. The molecule has 0 saturated carbocycles. The average Bonchev–Trinajstić information content (AvgIpc) is 2.29. The number of halogens is 1. The largest absolute Gasteiger partial charge is 0.324 e. The number of hydrogen-bond acceptors (Lipinski definition) is 5. The zero-order valence-corrected chi connectivity index (χ0v) is 10.6. The molecule has 0 aliphatic carbocycles. The van der Waals surface area contributed by atoms with Crippen molar-refractivity contribution in [1.82, 2.24) is 10.1 Å². The maximum absolute atomic E-state index is 6.04. The fraction of sp³-hybridized carbons (Fsp3) is 0.545. The molecule has 5 nitrogen and oxygen atoms in total. The van der Waals surface area contributed by atoms with Crippen LogP contribution in [0.3, 0.4) is 0 Å². The first kappa shape index (κ1) is 14.3. The van der Waals surface area contributed by atoms with Crippen LogP contribution in [0.1, 0.15) is 37.3 Å². The molecule has 0 bridgehead atoms. The maximum atomic E-state index is 6.04. The van der Waals surface area contributed by atoms with Crippen molar-refractivity contribution in [2.45, 2.75) is 31.7 Å². The number of pyridine rings is 1. The molecule has 17 heavy (non-hydrogen) atoms. The normalized spacial score (nSPS) is 13.0. The highest BCUT2D eigenvalue weighted by atomic mass is 35.5. The SMILES string of the molecule is NC(CCCCCN(N)N)c1ccc(Cl)nc1. The van der Waals surface area contributed by atoms with Gasteiger partial charge in [-0.15, -0.1) is 0 Å². The van der Waals surface area contributed by atoms with Crippen molar-refractivity contribution < 1.29 is 0 Å². The van der Waals surface area contributed by atoms with E-state index in [1.54, 1.807) is 12.3 Å². The van der Waals surface area contributed by atoms with E-state index in [0.717, 1.165) is 31.2 Å². The summed E-state index contributed by atoms with van der Waals surface area (Å²) < 4.78 is 0. The second-order valence-electron chi connectivity index (χ2n) is 4.11. The Morgan fingerprint density at radius 1 is 1.24 bits per heavy atom. The Morgan fingerprint density at radius 3 is 2.59 bits per heavy atom. The van der Waals surface area contributed by atoms with Gasteiger partial charge in [0, 0.05) is 18.8 Å². The van der Waals surface area contributed by atoms with Crippen molar-refractivity contribution in [1.29, 1.82) is 0 Å². The van der Waals surface area contributed by atoms with Crippen molar-refractivity contribution in [3.8, 4) is 0 Å². The number of aromatic nitrogens is 1. The van der Waals surface area contributed by atoms with Gasteiger partial charge in [0.1, 0.15) is 5.15 Å². The molecule has 6 N–H and O–H groups in total. The third-order valence-corrected chi connectivity index (χ3v) is 2.83. The minimum absolute atomic E-state index is 0.0200. The summed E-state index contributed by atoms with van der Waals surface area (Å²) >= 11 is 5.71. The fourth-order valence-electron chi connectivity index (χ4n) is 1.61. The van der Waals surface area contributed by atoms with E-state index in [0.29, 0.717) is 11.7 Å². The van der Waals surface area contributed by atoms with Crippen molar-refractivity contribution in [2.24, 2.45) is 17.4 Å². The van der Waals surface area contributed by atoms with Gasteiger partial charge < -0.3 is 5.73 Å². The third kappa shape index (κ3) is 5.95. The zero-order chi connectivity index (χ0) is 12.7. The van der Waals surface area contributed by atoms with Crippen LogP contribution in [0.4, 0.5) is 0 Å². The lowest BCUT2D eigenvalue weighted by Crippen LogP contribution is -2.38. The Balaban J connectivity index is 2.21. The van der Waals surface area contributed by atoms with Crippen molar-refractivity contribution >= 4 is 11.6 Å². The molecule has 0 aliphatic heterocycles. The van der Waals surface area contributed by atoms with E-state index in [1.807, 2.05) is 6.07 Å². The highest BCUT2D eigenvalue weighted by Gasteiger charge is 2.06. The lowest BCUT2D eigenvalue weighted by atomic mass is 10.0. The van der Waals surface area contributed by atoms with Gasteiger partial charge in [0.25, 0.3) is 0 Å². The van der Waals surface area contributed by atoms with Crippen molar-refractivity contribution in [2.75, 3.05) is 6.54 Å². The first-order valence-corrected chi connectivity index (χ1v) is 6.11. The summed E-state index contributed by atoms with van der Waals surface area (Å²) in [6, 6.07) is 3.70. The van der Waals surface area contributed by atoms with Crippen molar-refractivity contribution in [3.63, 3.8) is 0 Å². The molecule has 0 aliphatic rings. The highest BCUT2D eigenvalue weighted by molar-refractivity contribution is 6.29. The Hall–Kier alpha value is -0.720. The van der Waals surface area contributed by atoms with Crippen LogP contribution >= 0.6 is 11.6 Å². The number of nitrogens with zero attached hydrogens (tertiary/aromatic N) is 2. The molecule has 0 fully saturated rings. The lowest BCUT2D eigenvalue weighted by Gasteiger charge is -2.12. The third-order valence-electron chi connectivity index (χ3n) is 2.61. The van der Waals surface area contributed by atoms with E-state index in [2.05, 4.69) is 4.98 Å². The summed E-state index contributed by atoms with van der Waals surface area (Å²) in [5.74, 6) is 10.6. The van der Waals surface area contributed by atoms with E-state index in [4.69, 9.17) is 29.0 Å². The molecule has 1 rings (SSSR count). The van der Waals surface area contributed by atoms with E-state index < -0.39 is 0 Å². The summed E-state index contributed by atoms with van der Waals surface area (Å²) in [7, 11) is 0. The Kier molecular flexibility index (Phi) is 6.39. The molecule has 6 heteroatoms. The van der Waals surface area contributed by atoms with Gasteiger partial charge in [-0.05, 0) is 24.5 Å². The Bertz CT molecular complexity index is 314. The summed E-state index contributed by atoms with van der Waals surface area (Å²) in [5.41, 5.74) is 7.07. The van der Waals surface area contributed by atoms with Crippen LogP contribution in [0.5, 0.6) is 0 Å². The van der Waals surface area contributed by atoms with Crippen LogP contribution in [0, 0.1) is 0 Å². The minimum atomic E-state index is 0.0200. The topological polar surface area (TPSA) is 94.2 Å². The maximum Gasteiger partial charge on any atom is 0.129 e. The first-order valence-electron chi connectivity index (χ1n) is 5.73. The second kappa shape index (κ2) is 7.58. The van der Waals surface area contributed by atoms with E-state index >= 15 is 0 Å². The van der Waals surface area contributed by atoms with Crippen LogP contribution in [0.15, 0.2) is 18.3 Å². The molecule has 0 radical (unpaired) electrons. The second-order valence-corrected chi connectivity index (χ2v) is 4.50. The summed E-state index contributed by atoms with van der Waals surface area (Å²) in [6.45, 7) is 0.706. The van der Waals surface area contributed by atoms with Crippen LogP contribution in [0.2, 0.25) is 5.15 Å². The molecule has 1 aromatic heterocycles. The molecule has 0 saturated heterocycles. The molecule has 96 valence electrons. The van der Waals surface area contributed by atoms with E-state index in [9.17, 15) is 0 Å². The minimum Gasteiger partial charge on any atom is -0.324 e. The number of hydrazine groups is 2. The van der Waals surface area contributed by atoms with Gasteiger partial charge in [-0.3, -0.25) is 11.7 Å². The predicted octanol–water partition coefficient (Wildman–Crippen LogP) is 1.34. The van der Waals surface area contributed by atoms with Gasteiger partial charge in [-0.2, -0.15) is 5.12 Å². The Labute approximate surface area is 107 Å². The van der Waals surface area contributed by atoms with E-state index in [-0.39, 0.29) is 6.04 Å². The molecule has 1 atom stereocenters. The smallest absolute Gasteiger partial charge is 0.129 e. The average molecular weight is 258 g/mol. The summed E-state index contributed by atoms with van der Waals surface area (Å²) in [5, 5.41) is 1.70. The van der Waals surface area contributed by atoms with Gasteiger partial charge in [-0.25, -0.2) is 4.98 Å². The quantitative estimate of drug-likeness (QED) is 0.297. The zero-order valence-electron chi connectivity index (χ0n) is 9.85. The Morgan fingerprint density at radius 2 is 2.00 bits per heavy atom. The number of rotatable bonds is 7. The van der Waals surface area contributed by atoms with E-state index in [1.165, 1.54) is 5.12 Å². The molecule has 0 aromatic carbocycles. The predicted molar refractivity (Wildman–Crippen MR) is 69.7 cm³/mol. The van der Waals surface area contributed by atoms with Crippen molar-refractivity contribution in [3.05, 3.63) is 29.0 Å². The monoisotopic (exact) mass is 257 g/mol. The van der Waals surface area contributed by atoms with Gasteiger partial charge in [0.15, 0.2) is 0 Å². The van der Waals surface area contributed by atoms with Crippen LogP contribution in [-0.2, 0) is 0 Å². The van der Waals surface area contributed by atoms with Crippen LogP contribution in [-0.4, -0.2) is 16.6 Å². The number of hydrogen-bond donors (Lipinski definition) is 3. The molecular formula is C11H20ClN5. The summed E-state index contributed by atoms with van der Waals surface area (Å²) in [4.78, 5) is 4.01. The van der Waals surface area contributed by atoms with Gasteiger partial charge in [0.2, 0.25) is 0 Å². The van der Waals surface area contributed by atoms with Gasteiger partial charge in [0.05, 0.1) is 0 Å². The molecule has 1 heterocycles. The first-order chi connectivity index (χ1) is 8.09. The number of nitrogens with two attached hydrogens (primary N) is 3. The fourth-order valence-corrected chi connectivity index (χ4v) is 1.72. The van der Waals surface area contributed by atoms with Gasteiger partial charge in [-0.1, -0.05) is 30.5 Å². The number of unbranched alkanes of at least 4 members (excludes halogenated alkanes) is 2. The molecular weight excluding hydrogens is 238 g/mol. The molecule has 0 spiro atoms. The standard InChI is InChI=1S/C11H20ClN5/c12-11-6-5-9(8-16-11)10(13)4-2-1-3-7-17(14)15/h5-6,8,10H,1-4,7,13-15H2. The molecule has 1 unspecified atom stereocenters. The van der Waals surface area contributed by atoms with Gasteiger partial charge >= 0.3 is 0 Å². The molecule has 0 amide bonds. The van der Waals surface area contributed by atoms with Crippen LogP contribution < -0.4 is 17.4 Å². The molecule has 1 aromatic rings. The highest BCUT2D eigenvalue weighted by Crippen LogP contribution is 2.17. The van der Waals surface area contributed by atoms with Crippen LogP contribution in [0.25, 0.3) is 0 Å².